The molecule has 0 saturated carbocycles. The lowest BCUT2D eigenvalue weighted by Crippen LogP contribution is -2.21. The van der Waals surface area contributed by atoms with E-state index in [1.807, 2.05) is 13.0 Å². The Bertz CT molecular complexity index is 1010. The summed E-state index contributed by atoms with van der Waals surface area (Å²) in [6.07, 6.45) is -3.89. The zero-order valence-electron chi connectivity index (χ0n) is 15.8. The van der Waals surface area contributed by atoms with E-state index in [4.69, 9.17) is 0 Å². The highest BCUT2D eigenvalue weighted by atomic mass is 79.9. The van der Waals surface area contributed by atoms with Gasteiger partial charge in [0.05, 0.1) is 5.56 Å². The van der Waals surface area contributed by atoms with Crippen molar-refractivity contribution in [1.82, 2.24) is 15.0 Å². The van der Waals surface area contributed by atoms with E-state index in [-0.39, 0.29) is 28.2 Å². The van der Waals surface area contributed by atoms with E-state index in [1.165, 1.54) is 12.1 Å². The second-order valence-electron chi connectivity index (χ2n) is 6.61. The number of hydrogen-bond acceptors (Lipinski definition) is 5. The molecule has 2 atom stereocenters. The summed E-state index contributed by atoms with van der Waals surface area (Å²) in [5.74, 6) is -0.345. The van der Waals surface area contributed by atoms with E-state index in [0.717, 1.165) is 12.1 Å². The van der Waals surface area contributed by atoms with Gasteiger partial charge in [-0.1, -0.05) is 47.1 Å². The summed E-state index contributed by atoms with van der Waals surface area (Å²) in [5, 5.41) is 2.58. The Morgan fingerprint density at radius 1 is 1.10 bits per heavy atom. The molecule has 12 heteroatoms. The van der Waals surface area contributed by atoms with E-state index < -0.39 is 30.5 Å². The van der Waals surface area contributed by atoms with Crippen LogP contribution in [-0.2, 0) is 6.18 Å². The molecular formula is C19H15BrF6N4O. The maximum absolute atomic E-state index is 13.0. The monoisotopic (exact) mass is 508 g/mol. The van der Waals surface area contributed by atoms with Crippen molar-refractivity contribution in [1.29, 1.82) is 0 Å². The second-order valence-corrected chi connectivity index (χ2v) is 7.67. The standard InChI is InChI=1S/C19H15BrF6N4O/c1-10-13(6-3-7-14(10)20)15-28-16(30-17(29-15)31-9-18(21,22)23)27-12-5-2-4-11(8-12)19(24,25)26/h2-8,10,14H,9H2,1H3,(H,27,28,29,30). The summed E-state index contributed by atoms with van der Waals surface area (Å²) in [7, 11) is 0. The highest BCUT2D eigenvalue weighted by Gasteiger charge is 2.31. The van der Waals surface area contributed by atoms with Crippen LogP contribution in [-0.4, -0.2) is 32.6 Å². The molecule has 0 radical (unpaired) electrons. The first-order valence-electron chi connectivity index (χ1n) is 8.85. The third kappa shape index (κ3) is 6.18. The predicted molar refractivity (Wildman–Crippen MR) is 105 cm³/mol. The topological polar surface area (TPSA) is 59.9 Å². The molecule has 1 N–H and O–H groups in total. The van der Waals surface area contributed by atoms with Crippen molar-refractivity contribution >= 4 is 33.1 Å². The normalized spacial score (nSPS) is 19.2. The first-order valence-corrected chi connectivity index (χ1v) is 9.77. The molecule has 1 heterocycles. The number of halogens is 7. The van der Waals surface area contributed by atoms with Gasteiger partial charge in [-0.15, -0.1) is 0 Å². The maximum atomic E-state index is 13.0. The predicted octanol–water partition coefficient (Wildman–Crippen LogP) is 5.93. The molecule has 0 saturated heterocycles. The summed E-state index contributed by atoms with van der Waals surface area (Å²) in [6.45, 7) is 0.226. The quantitative estimate of drug-likeness (QED) is 0.400. The number of nitrogens with zero attached hydrogens (tertiary/aromatic N) is 3. The number of anilines is 2. The molecule has 1 aromatic carbocycles. The Morgan fingerprint density at radius 2 is 1.84 bits per heavy atom. The Hall–Kier alpha value is -2.63. The van der Waals surface area contributed by atoms with Gasteiger partial charge >= 0.3 is 18.4 Å². The first kappa shape index (κ1) is 23.0. The number of hydrogen-bond donors (Lipinski definition) is 1. The van der Waals surface area contributed by atoms with Gasteiger partial charge in [0, 0.05) is 22.0 Å². The Kier molecular flexibility index (Phi) is 6.58. The molecule has 5 nitrogen and oxygen atoms in total. The lowest BCUT2D eigenvalue weighted by Gasteiger charge is -2.21. The fourth-order valence-electron chi connectivity index (χ4n) is 2.69. The molecule has 3 rings (SSSR count). The lowest BCUT2D eigenvalue weighted by molar-refractivity contribution is -0.154. The van der Waals surface area contributed by atoms with Crippen LogP contribution in [0.2, 0.25) is 0 Å². The Morgan fingerprint density at radius 3 is 2.52 bits per heavy atom. The van der Waals surface area contributed by atoms with E-state index >= 15 is 0 Å². The van der Waals surface area contributed by atoms with Gasteiger partial charge in [-0.25, -0.2) is 0 Å². The minimum atomic E-state index is -4.62. The summed E-state index contributed by atoms with van der Waals surface area (Å²) in [5.41, 5.74) is -0.315. The molecule has 166 valence electrons. The van der Waals surface area contributed by atoms with Gasteiger partial charge in [0.2, 0.25) is 5.95 Å². The van der Waals surface area contributed by atoms with Crippen LogP contribution in [0, 0.1) is 5.92 Å². The number of benzene rings is 1. The zero-order valence-corrected chi connectivity index (χ0v) is 17.4. The fraction of sp³-hybridized carbons (Fsp3) is 0.316. The van der Waals surface area contributed by atoms with Crippen molar-refractivity contribution in [2.24, 2.45) is 5.92 Å². The van der Waals surface area contributed by atoms with Gasteiger partial charge in [-0.2, -0.15) is 41.3 Å². The molecule has 2 unspecified atom stereocenters. The molecule has 0 amide bonds. The summed E-state index contributed by atoms with van der Waals surface area (Å²) >= 11 is 3.46. The highest BCUT2D eigenvalue weighted by Crippen LogP contribution is 2.34. The third-order valence-electron chi connectivity index (χ3n) is 4.22. The summed E-state index contributed by atoms with van der Waals surface area (Å²) in [4.78, 5) is 11.8. The van der Waals surface area contributed by atoms with Gasteiger partial charge in [-0.3, -0.25) is 0 Å². The smallest absolute Gasteiger partial charge is 0.422 e. The number of rotatable bonds is 5. The number of nitrogens with one attached hydrogen (secondary N) is 1. The largest absolute Gasteiger partial charge is 0.454 e. The Labute approximate surface area is 181 Å². The molecule has 0 aliphatic heterocycles. The molecule has 0 bridgehead atoms. The number of aromatic nitrogens is 3. The maximum Gasteiger partial charge on any atom is 0.422 e. The molecular weight excluding hydrogens is 494 g/mol. The van der Waals surface area contributed by atoms with Gasteiger partial charge in [0.1, 0.15) is 0 Å². The summed E-state index contributed by atoms with van der Waals surface area (Å²) in [6, 6.07) is 3.64. The van der Waals surface area contributed by atoms with Crippen LogP contribution in [0.3, 0.4) is 0 Å². The van der Waals surface area contributed by atoms with Crippen LogP contribution in [0.4, 0.5) is 38.0 Å². The zero-order chi connectivity index (χ0) is 22.8. The molecule has 1 aliphatic rings. The SMILES string of the molecule is CC1C(c2nc(Nc3cccc(C(F)(F)F)c3)nc(OCC(F)(F)F)n2)=CC=CC1Br. The van der Waals surface area contributed by atoms with Crippen molar-refractivity contribution in [3.63, 3.8) is 0 Å². The van der Waals surface area contributed by atoms with Gasteiger partial charge in [-0.05, 0) is 18.2 Å². The van der Waals surface area contributed by atoms with Crippen LogP contribution in [0.1, 0.15) is 18.3 Å². The second kappa shape index (κ2) is 8.85. The molecule has 31 heavy (non-hydrogen) atoms. The fourth-order valence-corrected chi connectivity index (χ4v) is 3.15. The minimum Gasteiger partial charge on any atom is -0.454 e. The summed E-state index contributed by atoms with van der Waals surface area (Å²) < 4.78 is 81.2. The average molecular weight is 509 g/mol. The van der Waals surface area contributed by atoms with Crippen LogP contribution in [0.25, 0.3) is 5.57 Å². The third-order valence-corrected chi connectivity index (χ3v) is 5.32. The van der Waals surface area contributed by atoms with E-state index in [2.05, 4.69) is 40.9 Å². The van der Waals surface area contributed by atoms with E-state index in [0.29, 0.717) is 5.57 Å². The van der Waals surface area contributed by atoms with Gasteiger partial charge in [0.25, 0.3) is 0 Å². The molecule has 0 spiro atoms. The van der Waals surface area contributed by atoms with Crippen molar-refractivity contribution < 1.29 is 31.1 Å². The highest BCUT2D eigenvalue weighted by molar-refractivity contribution is 9.09. The van der Waals surface area contributed by atoms with Crippen LogP contribution < -0.4 is 10.1 Å². The van der Waals surface area contributed by atoms with Crippen molar-refractivity contribution in [3.05, 3.63) is 53.9 Å². The van der Waals surface area contributed by atoms with Crippen LogP contribution >= 0.6 is 15.9 Å². The first-order chi connectivity index (χ1) is 14.4. The van der Waals surface area contributed by atoms with Crippen molar-refractivity contribution in [2.75, 3.05) is 11.9 Å². The number of alkyl halides is 7. The number of ether oxygens (including phenoxy) is 1. The van der Waals surface area contributed by atoms with Crippen molar-refractivity contribution in [2.45, 2.75) is 24.1 Å². The average Bonchev–Trinajstić information content (AvgIpc) is 2.67. The van der Waals surface area contributed by atoms with Crippen molar-refractivity contribution in [3.8, 4) is 6.01 Å². The van der Waals surface area contributed by atoms with Crippen LogP contribution in [0.15, 0.2) is 42.5 Å². The molecule has 0 fully saturated rings. The molecule has 1 aromatic heterocycles. The van der Waals surface area contributed by atoms with E-state index in [1.54, 1.807) is 12.2 Å². The van der Waals surface area contributed by atoms with E-state index in [9.17, 15) is 26.3 Å². The molecule has 2 aromatic rings. The molecule has 1 aliphatic carbocycles. The van der Waals surface area contributed by atoms with Gasteiger partial charge < -0.3 is 10.1 Å². The lowest BCUT2D eigenvalue weighted by atomic mass is 9.93. The minimum absolute atomic E-state index is 0.00215. The number of allylic oxidation sites excluding steroid dienone is 4. The Balaban J connectivity index is 1.97. The van der Waals surface area contributed by atoms with Crippen LogP contribution in [0.5, 0.6) is 6.01 Å². The van der Waals surface area contributed by atoms with Gasteiger partial charge in [0.15, 0.2) is 12.4 Å².